The zero-order valence-corrected chi connectivity index (χ0v) is 11.2. The molecule has 0 aliphatic heterocycles. The third kappa shape index (κ3) is 2.76. The van der Waals surface area contributed by atoms with Gasteiger partial charge in [0.25, 0.3) is 0 Å². The molecule has 94 valence electrons. The zero-order chi connectivity index (χ0) is 13.1. The summed E-state index contributed by atoms with van der Waals surface area (Å²) < 4.78 is 0. The third-order valence-electron chi connectivity index (χ3n) is 2.56. The van der Waals surface area contributed by atoms with Crippen molar-refractivity contribution in [2.45, 2.75) is 26.2 Å². The van der Waals surface area contributed by atoms with E-state index in [0.29, 0.717) is 11.6 Å². The Bertz CT molecular complexity index is 546. The highest BCUT2D eigenvalue weighted by molar-refractivity contribution is 7.15. The largest absolute Gasteiger partial charge is 0.481 e. The summed E-state index contributed by atoms with van der Waals surface area (Å²) in [6.45, 7) is 4.14. The Kier molecular flexibility index (Phi) is 3.77. The van der Waals surface area contributed by atoms with E-state index < -0.39 is 5.97 Å². The standard InChI is InChI=1S/C14H15NO2S/c1-9(2)14-15-11(8-12(16)17)13(18-14)10-6-4-3-5-7-10/h3-7,9H,8H2,1-2H3,(H,16,17). The molecule has 1 aromatic carbocycles. The molecule has 2 aromatic rings. The molecular formula is C14H15NO2S. The van der Waals surface area contributed by atoms with Gasteiger partial charge in [-0.1, -0.05) is 44.2 Å². The highest BCUT2D eigenvalue weighted by Gasteiger charge is 2.16. The van der Waals surface area contributed by atoms with Crippen LogP contribution in [0.4, 0.5) is 0 Å². The lowest BCUT2D eigenvalue weighted by atomic mass is 10.1. The van der Waals surface area contributed by atoms with Gasteiger partial charge in [-0.15, -0.1) is 11.3 Å². The molecule has 3 nitrogen and oxygen atoms in total. The Balaban J connectivity index is 2.47. The summed E-state index contributed by atoms with van der Waals surface area (Å²) in [5.41, 5.74) is 1.71. The second-order valence-electron chi connectivity index (χ2n) is 4.42. The number of carboxylic acid groups (broad SMARTS) is 1. The number of hydrogen-bond acceptors (Lipinski definition) is 3. The van der Waals surface area contributed by atoms with Crippen LogP contribution >= 0.6 is 11.3 Å². The van der Waals surface area contributed by atoms with Crippen molar-refractivity contribution in [2.75, 3.05) is 0 Å². The second-order valence-corrected chi connectivity index (χ2v) is 5.45. The van der Waals surface area contributed by atoms with Crippen molar-refractivity contribution in [3.05, 3.63) is 41.0 Å². The number of aliphatic carboxylic acids is 1. The summed E-state index contributed by atoms with van der Waals surface area (Å²) in [4.78, 5) is 16.3. The van der Waals surface area contributed by atoms with Gasteiger partial charge in [-0.3, -0.25) is 4.79 Å². The summed E-state index contributed by atoms with van der Waals surface area (Å²) in [5, 5.41) is 9.94. The molecule has 1 N–H and O–H groups in total. The molecule has 0 saturated carbocycles. The fourth-order valence-electron chi connectivity index (χ4n) is 1.70. The Labute approximate surface area is 110 Å². The summed E-state index contributed by atoms with van der Waals surface area (Å²) in [6.07, 6.45) is -0.0204. The summed E-state index contributed by atoms with van der Waals surface area (Å²) in [7, 11) is 0. The SMILES string of the molecule is CC(C)c1nc(CC(=O)O)c(-c2ccccc2)s1. The molecule has 1 heterocycles. The number of thiazole rings is 1. The van der Waals surface area contributed by atoms with Gasteiger partial charge in [0.05, 0.1) is 22.0 Å². The van der Waals surface area contributed by atoms with E-state index >= 15 is 0 Å². The number of nitrogens with zero attached hydrogens (tertiary/aromatic N) is 1. The van der Waals surface area contributed by atoms with Gasteiger partial charge in [0.15, 0.2) is 0 Å². The Morgan fingerprint density at radius 3 is 2.56 bits per heavy atom. The minimum atomic E-state index is -0.840. The maximum atomic E-state index is 10.9. The molecule has 0 spiro atoms. The zero-order valence-electron chi connectivity index (χ0n) is 10.4. The molecule has 0 bridgehead atoms. The van der Waals surface area contributed by atoms with Crippen LogP contribution in [0.2, 0.25) is 0 Å². The molecule has 0 saturated heterocycles. The minimum absolute atomic E-state index is 0.0204. The average Bonchev–Trinajstić information content (AvgIpc) is 2.73. The highest BCUT2D eigenvalue weighted by Crippen LogP contribution is 2.33. The van der Waals surface area contributed by atoms with Crippen LogP contribution in [0.3, 0.4) is 0 Å². The van der Waals surface area contributed by atoms with E-state index in [1.807, 2.05) is 30.3 Å². The van der Waals surface area contributed by atoms with Crippen molar-refractivity contribution in [3.63, 3.8) is 0 Å². The molecule has 0 atom stereocenters. The predicted octanol–water partition coefficient (Wildman–Crippen LogP) is 3.56. The average molecular weight is 261 g/mol. The van der Waals surface area contributed by atoms with E-state index in [1.54, 1.807) is 11.3 Å². The lowest BCUT2D eigenvalue weighted by Crippen LogP contribution is -2.02. The van der Waals surface area contributed by atoms with E-state index in [4.69, 9.17) is 5.11 Å². The topological polar surface area (TPSA) is 50.2 Å². The number of aromatic nitrogens is 1. The van der Waals surface area contributed by atoms with E-state index in [0.717, 1.165) is 15.4 Å². The van der Waals surface area contributed by atoms with Crippen LogP contribution in [0.1, 0.15) is 30.5 Å². The smallest absolute Gasteiger partial charge is 0.309 e. The van der Waals surface area contributed by atoms with Gasteiger partial charge in [-0.05, 0) is 5.56 Å². The molecule has 0 amide bonds. The number of carbonyl (C=O) groups is 1. The fourth-order valence-corrected chi connectivity index (χ4v) is 2.79. The molecule has 18 heavy (non-hydrogen) atoms. The Hall–Kier alpha value is -1.68. The maximum Gasteiger partial charge on any atom is 0.309 e. The Morgan fingerprint density at radius 2 is 2.00 bits per heavy atom. The molecule has 0 unspecified atom stereocenters. The van der Waals surface area contributed by atoms with Gasteiger partial charge in [0.2, 0.25) is 0 Å². The van der Waals surface area contributed by atoms with Gasteiger partial charge in [-0.25, -0.2) is 4.98 Å². The first-order valence-electron chi connectivity index (χ1n) is 5.84. The predicted molar refractivity (Wildman–Crippen MR) is 73.0 cm³/mol. The van der Waals surface area contributed by atoms with E-state index in [-0.39, 0.29) is 6.42 Å². The second kappa shape index (κ2) is 5.31. The van der Waals surface area contributed by atoms with Crippen molar-refractivity contribution in [2.24, 2.45) is 0 Å². The minimum Gasteiger partial charge on any atom is -0.481 e. The first-order chi connectivity index (χ1) is 8.58. The summed E-state index contributed by atoms with van der Waals surface area (Å²) >= 11 is 1.59. The molecule has 0 aliphatic carbocycles. The summed E-state index contributed by atoms with van der Waals surface area (Å²) in [5.74, 6) is -0.521. The molecule has 1 aromatic heterocycles. The van der Waals surface area contributed by atoms with Crippen molar-refractivity contribution >= 4 is 17.3 Å². The first kappa shape index (κ1) is 12.8. The number of rotatable bonds is 4. The molecular weight excluding hydrogens is 246 g/mol. The van der Waals surface area contributed by atoms with Crippen LogP contribution in [0, 0.1) is 0 Å². The molecule has 0 radical (unpaired) electrons. The number of carboxylic acids is 1. The van der Waals surface area contributed by atoms with Gasteiger partial charge >= 0.3 is 5.97 Å². The molecule has 2 rings (SSSR count). The van der Waals surface area contributed by atoms with E-state index in [2.05, 4.69) is 18.8 Å². The van der Waals surface area contributed by atoms with Crippen molar-refractivity contribution < 1.29 is 9.90 Å². The quantitative estimate of drug-likeness (QED) is 0.915. The number of benzene rings is 1. The van der Waals surface area contributed by atoms with Crippen LogP contribution < -0.4 is 0 Å². The maximum absolute atomic E-state index is 10.9. The Morgan fingerprint density at radius 1 is 1.33 bits per heavy atom. The van der Waals surface area contributed by atoms with Crippen LogP contribution in [0.5, 0.6) is 0 Å². The van der Waals surface area contributed by atoms with Crippen LogP contribution in [0.25, 0.3) is 10.4 Å². The lowest BCUT2D eigenvalue weighted by molar-refractivity contribution is -0.136. The normalized spacial score (nSPS) is 10.8. The molecule has 0 aliphatic rings. The van der Waals surface area contributed by atoms with Crippen LogP contribution in [-0.2, 0) is 11.2 Å². The third-order valence-corrected chi connectivity index (χ3v) is 4.01. The van der Waals surface area contributed by atoms with Crippen molar-refractivity contribution in [3.8, 4) is 10.4 Å². The monoisotopic (exact) mass is 261 g/mol. The van der Waals surface area contributed by atoms with E-state index in [9.17, 15) is 4.79 Å². The first-order valence-corrected chi connectivity index (χ1v) is 6.66. The molecule has 0 fully saturated rings. The van der Waals surface area contributed by atoms with Crippen molar-refractivity contribution in [1.82, 2.24) is 4.98 Å². The lowest BCUT2D eigenvalue weighted by Gasteiger charge is -1.99. The number of hydrogen-bond donors (Lipinski definition) is 1. The van der Waals surface area contributed by atoms with Crippen LogP contribution in [-0.4, -0.2) is 16.1 Å². The van der Waals surface area contributed by atoms with Crippen molar-refractivity contribution in [1.29, 1.82) is 0 Å². The van der Waals surface area contributed by atoms with Crippen LogP contribution in [0.15, 0.2) is 30.3 Å². The van der Waals surface area contributed by atoms with Gasteiger partial charge in [0.1, 0.15) is 0 Å². The van der Waals surface area contributed by atoms with Gasteiger partial charge in [-0.2, -0.15) is 0 Å². The van der Waals surface area contributed by atoms with E-state index in [1.165, 1.54) is 0 Å². The summed E-state index contributed by atoms with van der Waals surface area (Å²) in [6, 6.07) is 9.83. The fraction of sp³-hybridized carbons (Fsp3) is 0.286. The van der Waals surface area contributed by atoms with Gasteiger partial charge < -0.3 is 5.11 Å². The van der Waals surface area contributed by atoms with Gasteiger partial charge in [0, 0.05) is 5.92 Å². The molecule has 4 heteroatoms. The highest BCUT2D eigenvalue weighted by atomic mass is 32.1.